The largest absolute Gasteiger partial charge is 0.464 e. The molecule has 1 unspecified atom stereocenters. The Balaban J connectivity index is 1.39. The van der Waals surface area contributed by atoms with E-state index in [1.165, 1.54) is 5.56 Å². The van der Waals surface area contributed by atoms with Crippen LogP contribution >= 0.6 is 0 Å². The minimum absolute atomic E-state index is 0.0353. The van der Waals surface area contributed by atoms with Crippen LogP contribution < -0.4 is 5.32 Å². The van der Waals surface area contributed by atoms with Gasteiger partial charge in [-0.05, 0) is 24.6 Å². The number of nitrogens with zero attached hydrogens (tertiary/aromatic N) is 4. The Labute approximate surface area is 177 Å². The summed E-state index contributed by atoms with van der Waals surface area (Å²) in [6.45, 7) is 9.33. The van der Waals surface area contributed by atoms with Crippen molar-refractivity contribution in [3.63, 3.8) is 0 Å². The Bertz CT molecular complexity index is 976. The van der Waals surface area contributed by atoms with Crippen molar-refractivity contribution in [2.45, 2.75) is 46.3 Å². The van der Waals surface area contributed by atoms with E-state index in [0.29, 0.717) is 0 Å². The second kappa shape index (κ2) is 8.83. The number of hydrogen-bond donors (Lipinski definition) is 1. The molecule has 0 saturated carbocycles. The van der Waals surface area contributed by atoms with Gasteiger partial charge in [0, 0.05) is 44.1 Å². The van der Waals surface area contributed by atoms with Crippen LogP contribution in [0.2, 0.25) is 0 Å². The molecule has 7 heteroatoms. The number of benzene rings is 1. The summed E-state index contributed by atoms with van der Waals surface area (Å²) >= 11 is 0. The van der Waals surface area contributed by atoms with Gasteiger partial charge >= 0.3 is 0 Å². The SMILES string of the molecule is CC(C)C(=O)NC(C)c1nnc2n1CCN(Cc1ccc(-c3ccco3)cc1)CC2. The molecule has 4 rings (SSSR count). The van der Waals surface area contributed by atoms with Crippen LogP contribution in [0, 0.1) is 5.92 Å². The third-order valence-electron chi connectivity index (χ3n) is 5.58. The molecule has 0 aliphatic carbocycles. The molecule has 1 amide bonds. The summed E-state index contributed by atoms with van der Waals surface area (Å²) in [6, 6.07) is 12.3. The lowest BCUT2D eigenvalue weighted by molar-refractivity contribution is -0.124. The maximum absolute atomic E-state index is 12.1. The molecule has 0 fully saturated rings. The number of aromatic nitrogens is 3. The fourth-order valence-electron chi connectivity index (χ4n) is 3.79. The van der Waals surface area contributed by atoms with Gasteiger partial charge in [0.1, 0.15) is 11.6 Å². The highest BCUT2D eigenvalue weighted by molar-refractivity contribution is 5.78. The van der Waals surface area contributed by atoms with Crippen molar-refractivity contribution in [2.24, 2.45) is 5.92 Å². The van der Waals surface area contributed by atoms with Crippen LogP contribution in [-0.4, -0.2) is 38.7 Å². The molecule has 1 atom stereocenters. The number of fused-ring (bicyclic) bond motifs is 1. The van der Waals surface area contributed by atoms with Crippen molar-refractivity contribution < 1.29 is 9.21 Å². The van der Waals surface area contributed by atoms with E-state index in [2.05, 4.69) is 49.2 Å². The van der Waals surface area contributed by atoms with Gasteiger partial charge in [-0.1, -0.05) is 38.1 Å². The minimum atomic E-state index is -0.151. The van der Waals surface area contributed by atoms with E-state index >= 15 is 0 Å². The first-order valence-electron chi connectivity index (χ1n) is 10.6. The smallest absolute Gasteiger partial charge is 0.223 e. The Morgan fingerprint density at radius 3 is 2.60 bits per heavy atom. The van der Waals surface area contributed by atoms with Gasteiger partial charge in [-0.25, -0.2) is 0 Å². The summed E-state index contributed by atoms with van der Waals surface area (Å²) in [5.74, 6) is 2.71. The molecule has 0 radical (unpaired) electrons. The first-order valence-corrected chi connectivity index (χ1v) is 10.6. The van der Waals surface area contributed by atoms with Gasteiger partial charge in [-0.15, -0.1) is 10.2 Å². The molecule has 1 aliphatic rings. The van der Waals surface area contributed by atoms with Crippen molar-refractivity contribution in [1.82, 2.24) is 25.0 Å². The molecule has 1 N–H and O–H groups in total. The van der Waals surface area contributed by atoms with Gasteiger partial charge in [0.15, 0.2) is 5.82 Å². The van der Waals surface area contributed by atoms with E-state index < -0.39 is 0 Å². The number of amides is 1. The maximum Gasteiger partial charge on any atom is 0.223 e. The summed E-state index contributed by atoms with van der Waals surface area (Å²) in [5, 5.41) is 11.8. The van der Waals surface area contributed by atoms with Crippen LogP contribution in [0.25, 0.3) is 11.3 Å². The van der Waals surface area contributed by atoms with Gasteiger partial charge in [0.25, 0.3) is 0 Å². The highest BCUT2D eigenvalue weighted by atomic mass is 16.3. The van der Waals surface area contributed by atoms with Crippen molar-refractivity contribution >= 4 is 5.91 Å². The lowest BCUT2D eigenvalue weighted by Gasteiger charge is -2.20. The van der Waals surface area contributed by atoms with Crippen LogP contribution in [0.4, 0.5) is 0 Å². The number of carbonyl (C=O) groups is 1. The van der Waals surface area contributed by atoms with Crippen LogP contribution in [0.5, 0.6) is 0 Å². The van der Waals surface area contributed by atoms with Crippen LogP contribution in [0.15, 0.2) is 47.1 Å². The molecule has 3 heterocycles. The molecule has 0 bridgehead atoms. The third kappa shape index (κ3) is 4.46. The van der Waals surface area contributed by atoms with E-state index in [9.17, 15) is 4.79 Å². The summed E-state index contributed by atoms with van der Waals surface area (Å²) in [6.07, 6.45) is 2.55. The zero-order chi connectivity index (χ0) is 21.1. The number of carbonyl (C=O) groups excluding carboxylic acids is 1. The summed E-state index contributed by atoms with van der Waals surface area (Å²) in [5.41, 5.74) is 2.37. The van der Waals surface area contributed by atoms with Gasteiger partial charge in [-0.2, -0.15) is 0 Å². The molecule has 1 aromatic carbocycles. The zero-order valence-electron chi connectivity index (χ0n) is 17.8. The fourth-order valence-corrected chi connectivity index (χ4v) is 3.79. The van der Waals surface area contributed by atoms with E-state index in [4.69, 9.17) is 4.42 Å². The van der Waals surface area contributed by atoms with Gasteiger partial charge < -0.3 is 14.3 Å². The number of nitrogens with one attached hydrogen (secondary N) is 1. The normalized spacial score (nSPS) is 15.6. The molecule has 158 valence electrons. The maximum atomic E-state index is 12.1. The lowest BCUT2D eigenvalue weighted by Crippen LogP contribution is -2.32. The Hall–Kier alpha value is -2.93. The van der Waals surface area contributed by atoms with Gasteiger partial charge in [-0.3, -0.25) is 9.69 Å². The van der Waals surface area contributed by atoms with Crippen molar-refractivity contribution in [3.05, 3.63) is 59.9 Å². The average Bonchev–Trinajstić information content (AvgIpc) is 3.37. The molecule has 30 heavy (non-hydrogen) atoms. The second-order valence-electron chi connectivity index (χ2n) is 8.21. The number of furan rings is 1. The Morgan fingerprint density at radius 2 is 1.90 bits per heavy atom. The molecular formula is C23H29N5O2. The molecular weight excluding hydrogens is 378 g/mol. The predicted octanol–water partition coefficient (Wildman–Crippen LogP) is 3.43. The van der Waals surface area contributed by atoms with Crippen LogP contribution in [0.3, 0.4) is 0 Å². The second-order valence-corrected chi connectivity index (χ2v) is 8.21. The summed E-state index contributed by atoms with van der Waals surface area (Å²) in [7, 11) is 0. The minimum Gasteiger partial charge on any atom is -0.464 e. The first-order chi connectivity index (χ1) is 14.5. The lowest BCUT2D eigenvalue weighted by atomic mass is 10.1. The average molecular weight is 408 g/mol. The van der Waals surface area contributed by atoms with Crippen LogP contribution in [-0.2, 0) is 24.3 Å². The molecule has 0 saturated heterocycles. The number of hydrogen-bond acceptors (Lipinski definition) is 5. The highest BCUT2D eigenvalue weighted by Crippen LogP contribution is 2.21. The van der Waals surface area contributed by atoms with E-state index in [1.54, 1.807) is 6.26 Å². The zero-order valence-corrected chi connectivity index (χ0v) is 17.8. The van der Waals surface area contributed by atoms with Gasteiger partial charge in [0.05, 0.1) is 12.3 Å². The molecule has 3 aromatic rings. The quantitative estimate of drug-likeness (QED) is 0.677. The topological polar surface area (TPSA) is 76.2 Å². The van der Waals surface area contributed by atoms with Crippen molar-refractivity contribution in [1.29, 1.82) is 0 Å². The predicted molar refractivity (Wildman–Crippen MR) is 115 cm³/mol. The molecule has 1 aliphatic heterocycles. The van der Waals surface area contributed by atoms with Crippen molar-refractivity contribution in [2.75, 3.05) is 13.1 Å². The Morgan fingerprint density at radius 1 is 1.10 bits per heavy atom. The fraction of sp³-hybridized carbons (Fsp3) is 0.435. The monoisotopic (exact) mass is 407 g/mol. The third-order valence-corrected chi connectivity index (χ3v) is 5.58. The Kier molecular flexibility index (Phi) is 5.99. The van der Waals surface area contributed by atoms with Gasteiger partial charge in [0.2, 0.25) is 5.91 Å². The van der Waals surface area contributed by atoms with Crippen LogP contribution in [0.1, 0.15) is 44.0 Å². The highest BCUT2D eigenvalue weighted by Gasteiger charge is 2.23. The molecule has 0 spiro atoms. The molecule has 7 nitrogen and oxygen atoms in total. The standard InChI is InChI=1S/C23H29N5O2/c1-16(2)23(29)24-17(3)22-26-25-21-10-11-27(12-13-28(21)22)15-18-6-8-19(9-7-18)20-5-4-14-30-20/h4-9,14,16-17H,10-13,15H2,1-3H3,(H,24,29). The van der Waals surface area contributed by atoms with Crippen molar-refractivity contribution in [3.8, 4) is 11.3 Å². The first kappa shape index (κ1) is 20.3. The van der Waals surface area contributed by atoms with E-state index in [1.807, 2.05) is 32.9 Å². The van der Waals surface area contributed by atoms with E-state index in [0.717, 1.165) is 55.6 Å². The number of rotatable bonds is 6. The van der Waals surface area contributed by atoms with E-state index in [-0.39, 0.29) is 17.9 Å². The molecule has 2 aromatic heterocycles. The summed E-state index contributed by atoms with van der Waals surface area (Å²) < 4.78 is 7.64. The summed E-state index contributed by atoms with van der Waals surface area (Å²) in [4.78, 5) is 14.5.